The van der Waals surface area contributed by atoms with Crippen molar-refractivity contribution in [1.82, 2.24) is 19.9 Å². The molecule has 2 aromatic heterocycles. The van der Waals surface area contributed by atoms with Crippen molar-refractivity contribution in [1.29, 1.82) is 5.26 Å². The van der Waals surface area contributed by atoms with Crippen molar-refractivity contribution in [2.75, 3.05) is 24.5 Å². The van der Waals surface area contributed by atoms with Crippen LogP contribution in [0, 0.1) is 11.3 Å². The van der Waals surface area contributed by atoms with Gasteiger partial charge in [0, 0.05) is 25.8 Å². The fraction of sp³-hybridized carbons (Fsp3) is 0.619. The van der Waals surface area contributed by atoms with Crippen LogP contribution < -0.4 is 4.90 Å². The number of nitrogens with zero attached hydrogens (tertiary/aromatic N) is 5. The molecule has 8 heteroatoms. The Morgan fingerprint density at radius 3 is 2.79 bits per heavy atom. The Morgan fingerprint density at radius 1 is 1.24 bits per heavy atom. The van der Waals surface area contributed by atoms with Gasteiger partial charge < -0.3 is 19.5 Å². The average Bonchev–Trinajstić information content (AvgIpc) is 3.10. The van der Waals surface area contributed by atoms with Gasteiger partial charge in [0.15, 0.2) is 0 Å². The third-order valence-corrected chi connectivity index (χ3v) is 5.89. The van der Waals surface area contributed by atoms with Gasteiger partial charge in [0.05, 0.1) is 16.5 Å². The minimum Gasteiger partial charge on any atom is -0.444 e. The van der Waals surface area contributed by atoms with E-state index in [1.54, 1.807) is 6.20 Å². The maximum Gasteiger partial charge on any atom is 0.410 e. The van der Waals surface area contributed by atoms with E-state index in [-0.39, 0.29) is 11.6 Å². The minimum absolute atomic E-state index is 0.230. The second-order valence-electron chi connectivity index (χ2n) is 9.07. The molecule has 1 amide bonds. The largest absolute Gasteiger partial charge is 0.444 e. The van der Waals surface area contributed by atoms with Gasteiger partial charge in [0.25, 0.3) is 0 Å². The Bertz CT molecular complexity index is 952. The van der Waals surface area contributed by atoms with E-state index >= 15 is 0 Å². The number of hydrogen-bond donors (Lipinski definition) is 1. The molecule has 2 aromatic rings. The number of carbonyl (C=O) groups excluding carboxylic acids is 1. The number of anilines is 1. The topological polar surface area (TPSA) is 98.1 Å². The van der Waals surface area contributed by atoms with Crippen molar-refractivity contribution in [3.05, 3.63) is 18.1 Å². The smallest absolute Gasteiger partial charge is 0.410 e. The average molecular weight is 396 g/mol. The normalized spacial score (nSPS) is 22.7. The van der Waals surface area contributed by atoms with Crippen LogP contribution in [0.25, 0.3) is 11.0 Å². The maximum atomic E-state index is 13.0. The molecule has 0 saturated carbocycles. The fourth-order valence-electron chi connectivity index (χ4n) is 4.69. The Labute approximate surface area is 170 Å². The van der Waals surface area contributed by atoms with E-state index in [1.165, 1.54) is 6.33 Å². The highest BCUT2D eigenvalue weighted by molar-refractivity contribution is 5.92. The van der Waals surface area contributed by atoms with Gasteiger partial charge in [-0.05, 0) is 52.9 Å². The maximum absolute atomic E-state index is 13.0. The summed E-state index contributed by atoms with van der Waals surface area (Å²) in [6, 6.07) is 2.23. The zero-order chi connectivity index (χ0) is 20.6. The molecule has 2 saturated heterocycles. The van der Waals surface area contributed by atoms with Crippen molar-refractivity contribution >= 4 is 22.9 Å². The summed E-state index contributed by atoms with van der Waals surface area (Å²) in [6.45, 7) is 7.96. The van der Waals surface area contributed by atoms with E-state index in [2.05, 4.69) is 25.9 Å². The molecule has 0 aliphatic carbocycles. The second-order valence-corrected chi connectivity index (χ2v) is 9.07. The predicted octanol–water partition coefficient (Wildman–Crippen LogP) is 3.59. The summed E-state index contributed by atoms with van der Waals surface area (Å²) in [6.07, 6.45) is 7.93. The van der Waals surface area contributed by atoms with Crippen molar-refractivity contribution in [3.8, 4) is 6.07 Å². The predicted molar refractivity (Wildman–Crippen MR) is 110 cm³/mol. The van der Waals surface area contributed by atoms with Crippen molar-refractivity contribution in [2.24, 2.45) is 0 Å². The van der Waals surface area contributed by atoms with Crippen LogP contribution in [-0.4, -0.2) is 56.7 Å². The molecule has 1 spiro atoms. The number of ether oxygens (including phenoxy) is 1. The number of H-pyrrole nitrogens is 1. The molecule has 154 valence electrons. The van der Waals surface area contributed by atoms with Gasteiger partial charge in [0.1, 0.15) is 29.5 Å². The fourth-order valence-corrected chi connectivity index (χ4v) is 4.69. The molecule has 4 heterocycles. The van der Waals surface area contributed by atoms with Crippen molar-refractivity contribution in [2.45, 2.75) is 64.0 Å². The van der Waals surface area contributed by atoms with Crippen LogP contribution in [0.3, 0.4) is 0 Å². The number of fused-ring (bicyclic) bond motifs is 1. The third kappa shape index (κ3) is 3.61. The van der Waals surface area contributed by atoms with Crippen molar-refractivity contribution < 1.29 is 9.53 Å². The molecule has 29 heavy (non-hydrogen) atoms. The van der Waals surface area contributed by atoms with Gasteiger partial charge in [-0.15, -0.1) is 0 Å². The number of amides is 1. The zero-order valence-corrected chi connectivity index (χ0v) is 17.4. The van der Waals surface area contributed by atoms with Gasteiger partial charge in [-0.2, -0.15) is 5.26 Å². The molecule has 0 bridgehead atoms. The molecule has 1 N–H and O–H groups in total. The number of nitriles is 1. The summed E-state index contributed by atoms with van der Waals surface area (Å²) in [5.74, 6) is 0.765. The Morgan fingerprint density at radius 2 is 2.03 bits per heavy atom. The van der Waals surface area contributed by atoms with E-state index < -0.39 is 5.60 Å². The van der Waals surface area contributed by atoms with Crippen LogP contribution in [0.4, 0.5) is 10.6 Å². The van der Waals surface area contributed by atoms with Crippen molar-refractivity contribution in [3.63, 3.8) is 0 Å². The number of rotatable bonds is 1. The zero-order valence-electron chi connectivity index (χ0n) is 17.4. The van der Waals surface area contributed by atoms with Gasteiger partial charge in [-0.1, -0.05) is 0 Å². The molecule has 8 nitrogen and oxygen atoms in total. The summed E-state index contributed by atoms with van der Waals surface area (Å²) in [7, 11) is 0. The molecule has 2 aliphatic heterocycles. The standard InChI is InChI=1S/C21H28N6O2/c1-20(2,3)29-19(28)27-10-5-4-7-21(27)8-6-9-26(13-21)18-16-15(11-22)12-23-17(16)24-14-25-18/h12,14H,4-10,13H2,1-3H3,(H,23,24,25). The first-order valence-corrected chi connectivity index (χ1v) is 10.3. The number of nitrogens with one attached hydrogen (secondary N) is 1. The third-order valence-electron chi connectivity index (χ3n) is 5.89. The van der Waals surface area contributed by atoms with E-state index in [0.29, 0.717) is 17.8 Å². The minimum atomic E-state index is -0.518. The lowest BCUT2D eigenvalue weighted by molar-refractivity contribution is -0.0199. The van der Waals surface area contributed by atoms with Gasteiger partial charge >= 0.3 is 6.09 Å². The molecular weight excluding hydrogens is 368 g/mol. The van der Waals surface area contributed by atoms with Gasteiger partial charge in [0.2, 0.25) is 0 Å². The summed E-state index contributed by atoms with van der Waals surface area (Å²) >= 11 is 0. The monoisotopic (exact) mass is 396 g/mol. The Hall–Kier alpha value is -2.82. The highest BCUT2D eigenvalue weighted by Gasteiger charge is 2.46. The summed E-state index contributed by atoms with van der Waals surface area (Å²) in [5.41, 5.74) is 0.427. The van der Waals surface area contributed by atoms with Crippen LogP contribution in [0.15, 0.2) is 12.5 Å². The molecule has 1 unspecified atom stereocenters. The summed E-state index contributed by atoms with van der Waals surface area (Å²) in [4.78, 5) is 29.0. The van der Waals surface area contributed by atoms with Crippen LogP contribution in [0.1, 0.15) is 58.4 Å². The van der Waals surface area contributed by atoms with Crippen LogP contribution >= 0.6 is 0 Å². The Balaban J connectivity index is 1.67. The lowest BCUT2D eigenvalue weighted by Gasteiger charge is -2.52. The number of likely N-dealkylation sites (tertiary alicyclic amines) is 1. The lowest BCUT2D eigenvalue weighted by Crippen LogP contribution is -2.63. The van der Waals surface area contributed by atoms with E-state index in [0.717, 1.165) is 56.4 Å². The summed E-state index contributed by atoms with van der Waals surface area (Å²) < 4.78 is 5.73. The number of aromatic amines is 1. The molecule has 1 atom stereocenters. The number of hydrogen-bond acceptors (Lipinski definition) is 6. The summed E-state index contributed by atoms with van der Waals surface area (Å²) in [5, 5.41) is 10.3. The highest BCUT2D eigenvalue weighted by atomic mass is 16.6. The first-order chi connectivity index (χ1) is 13.8. The molecule has 2 aliphatic rings. The number of piperidine rings is 2. The Kier molecular flexibility index (Phi) is 4.85. The number of carbonyl (C=O) groups is 1. The van der Waals surface area contributed by atoms with Crippen LogP contribution in [0.5, 0.6) is 0 Å². The van der Waals surface area contributed by atoms with Gasteiger partial charge in [-0.3, -0.25) is 0 Å². The molecule has 2 fully saturated rings. The van der Waals surface area contributed by atoms with Crippen LogP contribution in [-0.2, 0) is 4.74 Å². The highest BCUT2D eigenvalue weighted by Crippen LogP contribution is 2.39. The van der Waals surface area contributed by atoms with E-state index in [4.69, 9.17) is 4.74 Å². The number of aromatic nitrogens is 3. The van der Waals surface area contributed by atoms with Gasteiger partial charge in [-0.25, -0.2) is 14.8 Å². The molecule has 0 radical (unpaired) electrons. The van der Waals surface area contributed by atoms with E-state index in [1.807, 2.05) is 25.7 Å². The first kappa shape index (κ1) is 19.5. The second kappa shape index (κ2) is 7.21. The van der Waals surface area contributed by atoms with E-state index in [9.17, 15) is 10.1 Å². The van der Waals surface area contributed by atoms with Crippen LogP contribution in [0.2, 0.25) is 0 Å². The SMILES string of the molecule is CC(C)(C)OC(=O)N1CCCCC12CCCN(c1ncnc3[nH]cc(C#N)c13)C2. The molecular formula is C21H28N6O2. The molecule has 4 rings (SSSR count). The quantitative estimate of drug-likeness (QED) is 0.791. The molecule has 0 aromatic carbocycles. The first-order valence-electron chi connectivity index (χ1n) is 10.3. The lowest BCUT2D eigenvalue weighted by atomic mass is 9.80.